The van der Waals surface area contributed by atoms with Gasteiger partial charge in [-0.2, -0.15) is 0 Å². The van der Waals surface area contributed by atoms with Gasteiger partial charge in [-0.3, -0.25) is 5.73 Å². The van der Waals surface area contributed by atoms with Gasteiger partial charge in [0.2, 0.25) is 0 Å². The van der Waals surface area contributed by atoms with Crippen LogP contribution in [0.15, 0.2) is 60.7 Å². The summed E-state index contributed by atoms with van der Waals surface area (Å²) in [5.74, 6) is 0. The molecule has 3 heteroatoms. The van der Waals surface area contributed by atoms with E-state index < -0.39 is 0 Å². The topological polar surface area (TPSA) is 29.0 Å². The monoisotopic (exact) mass is 257 g/mol. The van der Waals surface area contributed by atoms with E-state index in [2.05, 4.69) is 36.9 Å². The number of hydrogen-bond donors (Lipinski definition) is 2. The molecule has 0 aromatic heterocycles. The van der Waals surface area contributed by atoms with Crippen molar-refractivity contribution in [2.45, 2.75) is 13.1 Å². The second-order valence-electron chi connectivity index (χ2n) is 4.19. The summed E-state index contributed by atoms with van der Waals surface area (Å²) in [6.45, 7) is 1.54. The molecule has 2 rings (SSSR count). The minimum absolute atomic E-state index is 0.544. The van der Waals surface area contributed by atoms with Crippen LogP contribution in [0.3, 0.4) is 0 Å². The molecule has 0 unspecified atom stereocenters. The first kappa shape index (κ1) is 12.7. The van der Waals surface area contributed by atoms with E-state index in [0.717, 1.165) is 13.1 Å². The molecule has 0 fully saturated rings. The molecule has 18 heavy (non-hydrogen) atoms. The maximum Gasteiger partial charge on any atom is 0.301 e. The van der Waals surface area contributed by atoms with E-state index in [1.54, 1.807) is 0 Å². The number of nitrogens with two attached hydrogens (primary N) is 1. The van der Waals surface area contributed by atoms with E-state index in [0.29, 0.717) is 5.17 Å². The molecule has 2 nitrogen and oxygen atoms in total. The van der Waals surface area contributed by atoms with Crippen LogP contribution in [0.25, 0.3) is 0 Å². The average molecular weight is 257 g/mol. The van der Waals surface area contributed by atoms with Crippen LogP contribution in [0.4, 0.5) is 0 Å². The minimum atomic E-state index is 0.544. The second kappa shape index (κ2) is 6.26. The maximum atomic E-state index is 5.84. The summed E-state index contributed by atoms with van der Waals surface area (Å²) >= 11 is 4.27. The molecule has 2 N–H and O–H groups in total. The predicted molar refractivity (Wildman–Crippen MR) is 78.7 cm³/mol. The van der Waals surface area contributed by atoms with Crippen molar-refractivity contribution in [2.75, 3.05) is 0 Å². The summed E-state index contributed by atoms with van der Waals surface area (Å²) in [4.78, 5) is 0. The van der Waals surface area contributed by atoms with Crippen molar-refractivity contribution in [3.05, 3.63) is 71.8 Å². The van der Waals surface area contributed by atoms with Gasteiger partial charge in [-0.25, -0.2) is 4.58 Å². The van der Waals surface area contributed by atoms with E-state index in [4.69, 9.17) is 5.73 Å². The van der Waals surface area contributed by atoms with Gasteiger partial charge in [0.1, 0.15) is 13.1 Å². The lowest BCUT2D eigenvalue weighted by molar-refractivity contribution is -0.558. The van der Waals surface area contributed by atoms with Crippen LogP contribution in [-0.4, -0.2) is 9.74 Å². The summed E-state index contributed by atoms with van der Waals surface area (Å²) < 4.78 is 2.05. The molecular weight excluding hydrogens is 240 g/mol. The fraction of sp³-hybridized carbons (Fsp3) is 0.133. The molecule has 0 aliphatic rings. The van der Waals surface area contributed by atoms with Crippen molar-refractivity contribution in [2.24, 2.45) is 5.73 Å². The highest BCUT2D eigenvalue weighted by molar-refractivity contribution is 7.96. The number of nitrogens with zero attached hydrogens (tertiary/aromatic N) is 1. The van der Waals surface area contributed by atoms with Crippen LogP contribution >= 0.6 is 12.6 Å². The largest absolute Gasteiger partial charge is 0.301 e. The number of benzene rings is 2. The molecule has 0 atom stereocenters. The van der Waals surface area contributed by atoms with Gasteiger partial charge < -0.3 is 0 Å². The van der Waals surface area contributed by atoms with Gasteiger partial charge in [-0.15, -0.1) is 0 Å². The van der Waals surface area contributed by atoms with Gasteiger partial charge in [0.05, 0.1) is 0 Å². The first-order valence-electron chi connectivity index (χ1n) is 5.90. The molecule has 0 aliphatic carbocycles. The molecule has 0 saturated carbocycles. The molecule has 0 spiro atoms. The Balaban J connectivity index is 2.14. The average Bonchev–Trinajstić information content (AvgIpc) is 2.40. The Labute approximate surface area is 113 Å². The lowest BCUT2D eigenvalue weighted by Crippen LogP contribution is -2.23. The van der Waals surface area contributed by atoms with Crippen molar-refractivity contribution >= 4 is 17.8 Å². The highest BCUT2D eigenvalue weighted by Gasteiger charge is 2.07. The van der Waals surface area contributed by atoms with E-state index in [1.807, 2.05) is 41.0 Å². The highest BCUT2D eigenvalue weighted by atomic mass is 32.1. The van der Waals surface area contributed by atoms with Crippen LogP contribution in [0.1, 0.15) is 11.1 Å². The van der Waals surface area contributed by atoms with Crippen LogP contribution < -0.4 is 5.73 Å². The highest BCUT2D eigenvalue weighted by Crippen LogP contribution is 2.06. The number of thiol groups is 1. The molecular formula is C15H17N2S+. The second-order valence-corrected chi connectivity index (χ2v) is 4.64. The van der Waals surface area contributed by atoms with Gasteiger partial charge in [-0.1, -0.05) is 73.3 Å². The van der Waals surface area contributed by atoms with E-state index in [-0.39, 0.29) is 0 Å². The normalized spacial score (nSPS) is 10.1. The van der Waals surface area contributed by atoms with Gasteiger partial charge in [0.15, 0.2) is 0 Å². The molecule has 0 saturated heterocycles. The van der Waals surface area contributed by atoms with Crippen molar-refractivity contribution in [3.8, 4) is 0 Å². The van der Waals surface area contributed by atoms with Crippen molar-refractivity contribution in [1.82, 2.24) is 0 Å². The molecule has 0 amide bonds. The standard InChI is InChI=1S/C15H16N2S/c16-15(18)17(11-13-7-3-1-4-8-13)12-14-9-5-2-6-10-14/h1-10H,11-12H2,(H2,16,18)/p+1. The van der Waals surface area contributed by atoms with Crippen LogP contribution in [0.2, 0.25) is 0 Å². The van der Waals surface area contributed by atoms with Crippen molar-refractivity contribution in [3.63, 3.8) is 0 Å². The molecule has 2 aromatic carbocycles. The lowest BCUT2D eigenvalue weighted by Gasteiger charge is -2.08. The summed E-state index contributed by atoms with van der Waals surface area (Å²) in [7, 11) is 0. The summed E-state index contributed by atoms with van der Waals surface area (Å²) in [6, 6.07) is 20.5. The number of rotatable bonds is 4. The predicted octanol–water partition coefficient (Wildman–Crippen LogP) is 2.64. The molecule has 0 radical (unpaired) electrons. The summed E-state index contributed by atoms with van der Waals surface area (Å²) in [5.41, 5.74) is 8.29. The van der Waals surface area contributed by atoms with Crippen LogP contribution in [0.5, 0.6) is 0 Å². The third kappa shape index (κ3) is 3.64. The Morgan fingerprint density at radius 1 is 0.833 bits per heavy atom. The van der Waals surface area contributed by atoms with Gasteiger partial charge in [0, 0.05) is 0 Å². The lowest BCUT2D eigenvalue weighted by atomic mass is 10.2. The quantitative estimate of drug-likeness (QED) is 0.375. The zero-order valence-corrected chi connectivity index (χ0v) is 11.1. The van der Waals surface area contributed by atoms with Gasteiger partial charge in [-0.05, 0) is 11.1 Å². The Bertz CT molecular complexity index is 473. The van der Waals surface area contributed by atoms with E-state index >= 15 is 0 Å². The molecule has 0 bridgehead atoms. The fourth-order valence-electron chi connectivity index (χ4n) is 1.83. The van der Waals surface area contributed by atoms with Crippen LogP contribution in [0, 0.1) is 0 Å². The minimum Gasteiger partial charge on any atom is -0.282 e. The third-order valence-corrected chi connectivity index (χ3v) is 3.04. The molecule has 2 aromatic rings. The Hall–Kier alpha value is -1.74. The van der Waals surface area contributed by atoms with Gasteiger partial charge >= 0.3 is 5.17 Å². The Morgan fingerprint density at radius 3 is 1.56 bits per heavy atom. The summed E-state index contributed by atoms with van der Waals surface area (Å²) in [6.07, 6.45) is 0. The zero-order chi connectivity index (χ0) is 12.8. The van der Waals surface area contributed by atoms with Crippen molar-refractivity contribution in [1.29, 1.82) is 0 Å². The van der Waals surface area contributed by atoms with Crippen molar-refractivity contribution < 1.29 is 4.58 Å². The fourth-order valence-corrected chi connectivity index (χ4v) is 1.97. The first-order chi connectivity index (χ1) is 8.75. The third-order valence-electron chi connectivity index (χ3n) is 2.76. The molecule has 92 valence electrons. The first-order valence-corrected chi connectivity index (χ1v) is 6.34. The van der Waals surface area contributed by atoms with E-state index in [1.165, 1.54) is 11.1 Å². The van der Waals surface area contributed by atoms with E-state index in [9.17, 15) is 0 Å². The van der Waals surface area contributed by atoms with Gasteiger partial charge in [0.25, 0.3) is 0 Å². The Morgan fingerprint density at radius 2 is 1.22 bits per heavy atom. The SMILES string of the molecule is NC(S)=[N+](Cc1ccccc1)Cc1ccccc1. The molecule has 0 aliphatic heterocycles. The summed E-state index contributed by atoms with van der Waals surface area (Å²) in [5, 5.41) is 0.544. The molecule has 0 heterocycles. The zero-order valence-electron chi connectivity index (χ0n) is 10.2. The number of amidine groups is 1. The Kier molecular flexibility index (Phi) is 4.42. The maximum absolute atomic E-state index is 5.84. The smallest absolute Gasteiger partial charge is 0.282 e. The number of hydrogen-bond acceptors (Lipinski definition) is 0. The van der Waals surface area contributed by atoms with Crippen LogP contribution in [-0.2, 0) is 13.1 Å².